The molecule has 3 rings (SSSR count). The molecule has 4 heteroatoms. The van der Waals surface area contributed by atoms with E-state index in [1.165, 1.54) is 0 Å². The molecule has 2 aromatic heterocycles. The molecule has 0 fully saturated rings. The fourth-order valence-corrected chi connectivity index (χ4v) is 2.02. The van der Waals surface area contributed by atoms with Crippen LogP contribution < -0.4 is 5.32 Å². The van der Waals surface area contributed by atoms with E-state index in [1.807, 2.05) is 50.4 Å². The second-order valence-corrected chi connectivity index (χ2v) is 4.31. The summed E-state index contributed by atoms with van der Waals surface area (Å²) in [5.41, 5.74) is 1.69. The van der Waals surface area contributed by atoms with Crippen LogP contribution in [0.1, 0.15) is 12.7 Å². The van der Waals surface area contributed by atoms with Crippen molar-refractivity contribution in [2.75, 3.05) is 12.4 Å². The Balaban J connectivity index is 2.14. The molecule has 3 aromatic rings. The SMILES string of the molecule is CCc1nc(NC)cc(-c2cc3ccccc3o2)n1. The van der Waals surface area contributed by atoms with Crippen molar-refractivity contribution < 1.29 is 4.42 Å². The van der Waals surface area contributed by atoms with Crippen LogP contribution in [-0.4, -0.2) is 17.0 Å². The average molecular weight is 253 g/mol. The Hall–Kier alpha value is -2.36. The number of aromatic nitrogens is 2. The number of fused-ring (bicyclic) bond motifs is 1. The highest BCUT2D eigenvalue weighted by Crippen LogP contribution is 2.27. The maximum Gasteiger partial charge on any atom is 0.154 e. The lowest BCUT2D eigenvalue weighted by Crippen LogP contribution is -2.00. The summed E-state index contributed by atoms with van der Waals surface area (Å²) in [6.45, 7) is 2.04. The molecule has 0 aliphatic rings. The van der Waals surface area contributed by atoms with E-state index in [9.17, 15) is 0 Å². The molecule has 0 atom stereocenters. The quantitative estimate of drug-likeness (QED) is 0.776. The summed E-state index contributed by atoms with van der Waals surface area (Å²) in [5, 5.41) is 4.14. The fraction of sp³-hybridized carbons (Fsp3) is 0.200. The minimum atomic E-state index is 0.773. The Morgan fingerprint density at radius 3 is 2.74 bits per heavy atom. The lowest BCUT2D eigenvalue weighted by Gasteiger charge is -2.04. The molecule has 1 aromatic carbocycles. The van der Waals surface area contributed by atoms with Gasteiger partial charge in [-0.25, -0.2) is 9.97 Å². The van der Waals surface area contributed by atoms with Gasteiger partial charge >= 0.3 is 0 Å². The lowest BCUT2D eigenvalue weighted by molar-refractivity contribution is 0.627. The molecule has 0 aliphatic carbocycles. The van der Waals surface area contributed by atoms with Crippen LogP contribution in [0, 0.1) is 0 Å². The van der Waals surface area contributed by atoms with Gasteiger partial charge in [-0.3, -0.25) is 0 Å². The van der Waals surface area contributed by atoms with Crippen molar-refractivity contribution in [2.24, 2.45) is 0 Å². The second-order valence-electron chi connectivity index (χ2n) is 4.31. The summed E-state index contributed by atoms with van der Waals surface area (Å²) < 4.78 is 5.84. The molecular weight excluding hydrogens is 238 g/mol. The minimum absolute atomic E-state index is 0.773. The van der Waals surface area contributed by atoms with Crippen LogP contribution in [0.5, 0.6) is 0 Å². The van der Waals surface area contributed by atoms with Crippen molar-refractivity contribution in [1.82, 2.24) is 9.97 Å². The van der Waals surface area contributed by atoms with Crippen molar-refractivity contribution in [3.05, 3.63) is 42.2 Å². The summed E-state index contributed by atoms with van der Waals surface area (Å²) in [6, 6.07) is 11.9. The van der Waals surface area contributed by atoms with Crippen molar-refractivity contribution in [2.45, 2.75) is 13.3 Å². The van der Waals surface area contributed by atoms with Crippen LogP contribution in [0.2, 0.25) is 0 Å². The van der Waals surface area contributed by atoms with E-state index in [1.54, 1.807) is 0 Å². The first-order chi connectivity index (χ1) is 9.30. The number of para-hydroxylation sites is 1. The van der Waals surface area contributed by atoms with Crippen molar-refractivity contribution in [1.29, 1.82) is 0 Å². The zero-order valence-corrected chi connectivity index (χ0v) is 11.0. The molecule has 0 bridgehead atoms. The number of nitrogens with one attached hydrogen (secondary N) is 1. The van der Waals surface area contributed by atoms with Gasteiger partial charge in [0.05, 0.1) is 0 Å². The zero-order chi connectivity index (χ0) is 13.2. The van der Waals surface area contributed by atoms with Crippen molar-refractivity contribution in [3.8, 4) is 11.5 Å². The molecule has 19 heavy (non-hydrogen) atoms. The highest BCUT2D eigenvalue weighted by Gasteiger charge is 2.10. The van der Waals surface area contributed by atoms with Gasteiger partial charge in [-0.05, 0) is 12.1 Å². The van der Waals surface area contributed by atoms with E-state index < -0.39 is 0 Å². The number of rotatable bonds is 3. The highest BCUT2D eigenvalue weighted by molar-refractivity contribution is 5.82. The molecule has 0 spiro atoms. The number of furan rings is 1. The summed E-state index contributed by atoms with van der Waals surface area (Å²) in [6.07, 6.45) is 0.794. The van der Waals surface area contributed by atoms with E-state index in [2.05, 4.69) is 15.3 Å². The van der Waals surface area contributed by atoms with Gasteiger partial charge in [-0.1, -0.05) is 25.1 Å². The van der Waals surface area contributed by atoms with Gasteiger partial charge < -0.3 is 9.73 Å². The number of hydrogen-bond donors (Lipinski definition) is 1. The summed E-state index contributed by atoms with van der Waals surface area (Å²) in [7, 11) is 1.85. The first-order valence-electron chi connectivity index (χ1n) is 6.35. The van der Waals surface area contributed by atoms with Gasteiger partial charge in [0.15, 0.2) is 5.76 Å². The minimum Gasteiger partial charge on any atom is -0.454 e. The first-order valence-corrected chi connectivity index (χ1v) is 6.35. The largest absolute Gasteiger partial charge is 0.454 e. The van der Waals surface area contributed by atoms with Gasteiger partial charge in [-0.2, -0.15) is 0 Å². The molecule has 0 saturated heterocycles. The Morgan fingerprint density at radius 1 is 1.16 bits per heavy atom. The van der Waals surface area contributed by atoms with Crippen LogP contribution >= 0.6 is 0 Å². The van der Waals surface area contributed by atoms with Gasteiger partial charge in [0.25, 0.3) is 0 Å². The standard InChI is InChI=1S/C15H15N3O/c1-3-14-17-11(9-15(16-2)18-14)13-8-10-6-4-5-7-12(10)19-13/h4-9H,3H2,1-2H3,(H,16,17,18). The third-order valence-corrected chi connectivity index (χ3v) is 3.02. The van der Waals surface area contributed by atoms with Crippen molar-refractivity contribution in [3.63, 3.8) is 0 Å². The van der Waals surface area contributed by atoms with Crippen LogP contribution in [0.25, 0.3) is 22.4 Å². The van der Waals surface area contributed by atoms with E-state index in [-0.39, 0.29) is 0 Å². The van der Waals surface area contributed by atoms with E-state index in [4.69, 9.17) is 4.42 Å². The summed E-state index contributed by atoms with van der Waals surface area (Å²) >= 11 is 0. The maximum absolute atomic E-state index is 5.84. The number of aryl methyl sites for hydroxylation is 1. The predicted octanol–water partition coefficient (Wildman–Crippen LogP) is 3.49. The number of benzene rings is 1. The highest BCUT2D eigenvalue weighted by atomic mass is 16.3. The van der Waals surface area contributed by atoms with Crippen LogP contribution in [0.3, 0.4) is 0 Å². The topological polar surface area (TPSA) is 51.0 Å². The normalized spacial score (nSPS) is 10.8. The molecule has 96 valence electrons. The zero-order valence-electron chi connectivity index (χ0n) is 11.0. The summed E-state index contributed by atoms with van der Waals surface area (Å²) in [4.78, 5) is 8.91. The number of anilines is 1. The Morgan fingerprint density at radius 2 is 2.00 bits per heavy atom. The van der Waals surface area contributed by atoms with Crippen LogP contribution in [0.15, 0.2) is 40.8 Å². The molecular formula is C15H15N3O. The molecule has 0 aliphatic heterocycles. The molecule has 0 saturated carbocycles. The molecule has 0 radical (unpaired) electrons. The second kappa shape index (κ2) is 4.72. The van der Waals surface area contributed by atoms with Gasteiger partial charge in [0.1, 0.15) is 22.9 Å². The van der Waals surface area contributed by atoms with Crippen LogP contribution in [-0.2, 0) is 6.42 Å². The molecule has 0 amide bonds. The number of hydrogen-bond acceptors (Lipinski definition) is 4. The van der Waals surface area contributed by atoms with E-state index in [0.717, 1.165) is 40.5 Å². The predicted molar refractivity (Wildman–Crippen MR) is 76.2 cm³/mol. The average Bonchev–Trinajstić information content (AvgIpc) is 2.90. The van der Waals surface area contributed by atoms with Gasteiger partial charge in [-0.15, -0.1) is 0 Å². The van der Waals surface area contributed by atoms with E-state index in [0.29, 0.717) is 0 Å². The number of nitrogens with zero attached hydrogens (tertiary/aromatic N) is 2. The molecule has 2 heterocycles. The lowest BCUT2D eigenvalue weighted by atomic mass is 10.2. The molecule has 0 unspecified atom stereocenters. The van der Waals surface area contributed by atoms with Crippen molar-refractivity contribution >= 4 is 16.8 Å². The van der Waals surface area contributed by atoms with Crippen LogP contribution in [0.4, 0.5) is 5.82 Å². The Kier molecular flexibility index (Phi) is 2.91. The third-order valence-electron chi connectivity index (χ3n) is 3.02. The van der Waals surface area contributed by atoms with Gasteiger partial charge in [0.2, 0.25) is 0 Å². The monoisotopic (exact) mass is 253 g/mol. The molecule has 1 N–H and O–H groups in total. The Labute approximate surface area is 111 Å². The maximum atomic E-state index is 5.84. The smallest absolute Gasteiger partial charge is 0.154 e. The molecule has 4 nitrogen and oxygen atoms in total. The van der Waals surface area contributed by atoms with Gasteiger partial charge in [0, 0.05) is 24.9 Å². The fourth-order valence-electron chi connectivity index (χ4n) is 2.02. The van der Waals surface area contributed by atoms with E-state index >= 15 is 0 Å². The summed E-state index contributed by atoms with van der Waals surface area (Å²) in [5.74, 6) is 2.39. The third kappa shape index (κ3) is 2.17. The first kappa shape index (κ1) is 11.7. The Bertz CT molecular complexity index is 663.